The van der Waals surface area contributed by atoms with Crippen LogP contribution in [0.1, 0.15) is 65.7 Å². The van der Waals surface area contributed by atoms with Crippen molar-refractivity contribution < 1.29 is 34.1 Å². The third-order valence-electron chi connectivity index (χ3n) is 4.86. The monoisotopic (exact) mass is 422 g/mol. The quantitative estimate of drug-likeness (QED) is 0.267. The minimum Gasteiger partial charge on any atom is -0.463 e. The van der Waals surface area contributed by atoms with Gasteiger partial charge in [0.05, 0.1) is 0 Å². The molecule has 1 aliphatic carbocycles. The zero-order valence-corrected chi connectivity index (χ0v) is 18.1. The number of carbonyl (C=O) groups is 3. The van der Waals surface area contributed by atoms with Crippen molar-refractivity contribution in [3.8, 4) is 0 Å². The molecule has 0 bridgehead atoms. The molecule has 0 amide bonds. The molecule has 0 aromatic heterocycles. The molecule has 1 aliphatic rings. The standard InChI is InChI=1S/C23H34O7/c1-4-5-6-7-8-9-14-23(28)15-13-20(26)19(23)11-10-12-22(30-18(3)25)21(27)16-29-17(2)24/h10-13,15,21-22,27-28H,4-9,14,16H2,1-3H3/t21-,22+,23?/m1/s1. The van der Waals surface area contributed by atoms with Gasteiger partial charge in [0.25, 0.3) is 0 Å². The van der Waals surface area contributed by atoms with Crippen LogP contribution in [0.5, 0.6) is 0 Å². The van der Waals surface area contributed by atoms with Crippen molar-refractivity contribution in [2.45, 2.75) is 83.5 Å². The van der Waals surface area contributed by atoms with Gasteiger partial charge in [-0.15, -0.1) is 0 Å². The van der Waals surface area contributed by atoms with Gasteiger partial charge in [-0.2, -0.15) is 0 Å². The number of ketones is 1. The predicted molar refractivity (Wildman–Crippen MR) is 113 cm³/mol. The van der Waals surface area contributed by atoms with Gasteiger partial charge in [-0.3, -0.25) is 14.4 Å². The summed E-state index contributed by atoms with van der Waals surface area (Å²) in [6.07, 6.45) is 11.7. The summed E-state index contributed by atoms with van der Waals surface area (Å²) in [5, 5.41) is 21.0. The first-order valence-electron chi connectivity index (χ1n) is 10.5. The molecule has 0 fully saturated rings. The van der Waals surface area contributed by atoms with E-state index in [-0.39, 0.29) is 18.0 Å². The maximum atomic E-state index is 12.2. The molecule has 0 aromatic rings. The Morgan fingerprint density at radius 3 is 2.43 bits per heavy atom. The van der Waals surface area contributed by atoms with Gasteiger partial charge < -0.3 is 19.7 Å². The van der Waals surface area contributed by atoms with Gasteiger partial charge in [0.15, 0.2) is 5.78 Å². The predicted octanol–water partition coefficient (Wildman–Crippen LogP) is 2.95. The van der Waals surface area contributed by atoms with Crippen molar-refractivity contribution in [2.75, 3.05) is 6.61 Å². The van der Waals surface area contributed by atoms with Gasteiger partial charge in [0.2, 0.25) is 0 Å². The number of hydrogen-bond donors (Lipinski definition) is 2. The summed E-state index contributed by atoms with van der Waals surface area (Å²) in [5.41, 5.74) is -1.08. The Morgan fingerprint density at radius 1 is 1.13 bits per heavy atom. The summed E-state index contributed by atoms with van der Waals surface area (Å²) in [7, 11) is 0. The molecule has 2 N–H and O–H groups in total. The summed E-state index contributed by atoms with van der Waals surface area (Å²) in [5.74, 6) is -1.46. The maximum Gasteiger partial charge on any atom is 0.303 e. The van der Waals surface area contributed by atoms with E-state index in [9.17, 15) is 24.6 Å². The second kappa shape index (κ2) is 13.1. The van der Waals surface area contributed by atoms with Gasteiger partial charge in [-0.25, -0.2) is 0 Å². The molecule has 168 valence electrons. The topological polar surface area (TPSA) is 110 Å². The molecule has 0 aliphatic heterocycles. The maximum absolute atomic E-state index is 12.2. The van der Waals surface area contributed by atoms with Crippen LogP contribution in [0.3, 0.4) is 0 Å². The Balaban J connectivity index is 2.77. The van der Waals surface area contributed by atoms with E-state index in [1.165, 1.54) is 63.5 Å². The Kier molecular flexibility index (Phi) is 11.3. The van der Waals surface area contributed by atoms with Crippen LogP contribution in [0, 0.1) is 0 Å². The molecule has 0 heterocycles. The van der Waals surface area contributed by atoms with Crippen LogP contribution >= 0.6 is 0 Å². The molecule has 1 unspecified atom stereocenters. The number of allylic oxidation sites excluding steroid dienone is 3. The van der Waals surface area contributed by atoms with E-state index >= 15 is 0 Å². The summed E-state index contributed by atoms with van der Waals surface area (Å²) in [6.45, 7) is 4.22. The molecule has 7 heteroatoms. The summed E-state index contributed by atoms with van der Waals surface area (Å²) in [4.78, 5) is 34.4. The van der Waals surface area contributed by atoms with Crippen LogP contribution in [-0.2, 0) is 23.9 Å². The van der Waals surface area contributed by atoms with E-state index in [2.05, 4.69) is 6.92 Å². The molecular formula is C23H34O7. The molecule has 3 atom stereocenters. The Labute approximate surface area is 178 Å². The molecule has 0 saturated heterocycles. The lowest BCUT2D eigenvalue weighted by Gasteiger charge is -2.22. The van der Waals surface area contributed by atoms with Crippen molar-refractivity contribution in [3.05, 3.63) is 36.0 Å². The van der Waals surface area contributed by atoms with Crippen molar-refractivity contribution >= 4 is 17.7 Å². The van der Waals surface area contributed by atoms with Crippen LogP contribution in [0.2, 0.25) is 0 Å². The van der Waals surface area contributed by atoms with Crippen molar-refractivity contribution in [2.24, 2.45) is 0 Å². The van der Waals surface area contributed by atoms with Crippen LogP contribution < -0.4 is 0 Å². The zero-order valence-electron chi connectivity index (χ0n) is 18.1. The highest BCUT2D eigenvalue weighted by Gasteiger charge is 2.36. The Hall–Kier alpha value is -2.25. The van der Waals surface area contributed by atoms with E-state index in [1.54, 1.807) is 0 Å². The highest BCUT2D eigenvalue weighted by Crippen LogP contribution is 2.32. The molecule has 1 rings (SSSR count). The fourth-order valence-electron chi connectivity index (χ4n) is 3.22. The molecule has 30 heavy (non-hydrogen) atoms. The van der Waals surface area contributed by atoms with Gasteiger partial charge in [-0.05, 0) is 31.1 Å². The Bertz CT molecular complexity index is 677. The van der Waals surface area contributed by atoms with E-state index in [0.29, 0.717) is 6.42 Å². The number of aliphatic hydroxyl groups excluding tert-OH is 1. The summed E-state index contributed by atoms with van der Waals surface area (Å²) < 4.78 is 9.78. The SMILES string of the molecule is CCCCCCCCC1(O)C=CC(=O)C1=CC=C[C@H](OC(C)=O)[C@H](O)COC(C)=O. The van der Waals surface area contributed by atoms with E-state index < -0.39 is 29.7 Å². The van der Waals surface area contributed by atoms with Gasteiger partial charge in [-0.1, -0.05) is 51.2 Å². The first-order valence-corrected chi connectivity index (χ1v) is 10.5. The molecule has 7 nitrogen and oxygen atoms in total. The molecule has 0 radical (unpaired) electrons. The average molecular weight is 423 g/mol. The second-order valence-corrected chi connectivity index (χ2v) is 7.55. The van der Waals surface area contributed by atoms with Crippen molar-refractivity contribution in [3.63, 3.8) is 0 Å². The summed E-state index contributed by atoms with van der Waals surface area (Å²) >= 11 is 0. The normalized spacial score (nSPS) is 21.9. The van der Waals surface area contributed by atoms with Gasteiger partial charge >= 0.3 is 11.9 Å². The third kappa shape index (κ3) is 9.05. The molecule has 0 saturated carbocycles. The van der Waals surface area contributed by atoms with Gasteiger partial charge in [0, 0.05) is 19.4 Å². The fraction of sp³-hybridized carbons (Fsp3) is 0.609. The highest BCUT2D eigenvalue weighted by molar-refractivity contribution is 6.09. The van der Waals surface area contributed by atoms with E-state index in [4.69, 9.17) is 9.47 Å². The van der Waals surface area contributed by atoms with E-state index in [1.807, 2.05) is 0 Å². The van der Waals surface area contributed by atoms with Crippen molar-refractivity contribution in [1.29, 1.82) is 0 Å². The lowest BCUT2D eigenvalue weighted by molar-refractivity contribution is -0.154. The first kappa shape index (κ1) is 25.8. The van der Waals surface area contributed by atoms with Crippen LogP contribution in [0.25, 0.3) is 0 Å². The second-order valence-electron chi connectivity index (χ2n) is 7.55. The molecule has 0 aromatic carbocycles. The smallest absolute Gasteiger partial charge is 0.303 e. The molecule has 0 spiro atoms. The summed E-state index contributed by atoms with van der Waals surface area (Å²) in [6, 6.07) is 0. The lowest BCUT2D eigenvalue weighted by atomic mass is 9.90. The van der Waals surface area contributed by atoms with Crippen molar-refractivity contribution in [1.82, 2.24) is 0 Å². The average Bonchev–Trinajstić information content (AvgIpc) is 2.96. The Morgan fingerprint density at radius 2 is 1.80 bits per heavy atom. The number of rotatable bonds is 13. The largest absolute Gasteiger partial charge is 0.463 e. The number of aliphatic hydroxyl groups is 2. The fourth-order valence-corrected chi connectivity index (χ4v) is 3.22. The highest BCUT2D eigenvalue weighted by atomic mass is 16.6. The van der Waals surface area contributed by atoms with Crippen LogP contribution in [-0.4, -0.2) is 52.4 Å². The lowest BCUT2D eigenvalue weighted by Crippen LogP contribution is -2.33. The third-order valence-corrected chi connectivity index (χ3v) is 4.86. The van der Waals surface area contributed by atoms with Gasteiger partial charge in [0.1, 0.15) is 24.4 Å². The van der Waals surface area contributed by atoms with Crippen LogP contribution in [0.4, 0.5) is 0 Å². The van der Waals surface area contributed by atoms with E-state index in [0.717, 1.165) is 19.3 Å². The molecular weight excluding hydrogens is 388 g/mol. The zero-order chi connectivity index (χ0) is 22.6. The first-order chi connectivity index (χ1) is 14.2. The number of hydrogen-bond acceptors (Lipinski definition) is 7. The minimum absolute atomic E-state index is 0.239. The number of unbranched alkanes of at least 4 members (excludes halogenated alkanes) is 5. The number of ether oxygens (including phenoxy) is 2. The number of esters is 2. The number of carbonyl (C=O) groups excluding carboxylic acids is 3. The van der Waals surface area contributed by atoms with Crippen LogP contribution in [0.15, 0.2) is 36.0 Å². The minimum atomic E-state index is -1.32.